The fourth-order valence-corrected chi connectivity index (χ4v) is 3.21. The van der Waals surface area contributed by atoms with E-state index < -0.39 is 32.9 Å². The average molecular weight is 407 g/mol. The van der Waals surface area contributed by atoms with Crippen molar-refractivity contribution in [2.45, 2.75) is 13.2 Å². The third kappa shape index (κ3) is 7.62. The van der Waals surface area contributed by atoms with Gasteiger partial charge in [-0.2, -0.15) is 0 Å². The third-order valence-corrected chi connectivity index (χ3v) is 4.94. The van der Waals surface area contributed by atoms with Crippen molar-refractivity contribution >= 4 is 19.7 Å². The fraction of sp³-hybridized carbons (Fsp3) is 0.263. The van der Waals surface area contributed by atoms with Gasteiger partial charge in [0.05, 0.1) is 13.2 Å². The summed E-state index contributed by atoms with van der Waals surface area (Å²) in [5, 5.41) is 8.74. The molecule has 1 amide bonds. The summed E-state index contributed by atoms with van der Waals surface area (Å²) < 4.78 is 28.9. The van der Waals surface area contributed by atoms with Crippen LogP contribution in [0.25, 0.3) is 0 Å². The van der Waals surface area contributed by atoms with Gasteiger partial charge in [0, 0.05) is 7.05 Å². The Morgan fingerprint density at radius 3 is 1.79 bits per heavy atom. The van der Waals surface area contributed by atoms with Gasteiger partial charge in [-0.05, 0) is 11.1 Å². The van der Waals surface area contributed by atoms with E-state index in [1.165, 1.54) is 7.05 Å². The highest BCUT2D eigenvalue weighted by Gasteiger charge is 2.29. The molecule has 0 atom stereocenters. The molecule has 0 unspecified atom stereocenters. The van der Waals surface area contributed by atoms with E-state index in [-0.39, 0.29) is 13.2 Å². The molecule has 0 saturated carbocycles. The number of phosphoric ester groups is 1. The summed E-state index contributed by atoms with van der Waals surface area (Å²) >= 11 is 0. The Morgan fingerprint density at radius 2 is 1.36 bits per heavy atom. The zero-order valence-corrected chi connectivity index (χ0v) is 16.3. The molecule has 0 fully saturated rings. The number of phosphoric acid groups is 1. The van der Waals surface area contributed by atoms with E-state index in [2.05, 4.69) is 0 Å². The van der Waals surface area contributed by atoms with E-state index in [9.17, 15) is 14.2 Å². The first-order valence-electron chi connectivity index (χ1n) is 8.45. The second kappa shape index (κ2) is 10.7. The van der Waals surface area contributed by atoms with Crippen LogP contribution < -0.4 is 0 Å². The molecular weight excluding hydrogens is 385 g/mol. The Kier molecular flexibility index (Phi) is 8.35. The first kappa shape index (κ1) is 21.8. The highest BCUT2D eigenvalue weighted by atomic mass is 31.2. The lowest BCUT2D eigenvalue weighted by Gasteiger charge is -2.20. The lowest BCUT2D eigenvalue weighted by molar-refractivity contribution is -0.144. The number of hydrogen-bond acceptors (Lipinski definition) is 6. The Balaban J connectivity index is 2.00. The molecule has 0 saturated heterocycles. The van der Waals surface area contributed by atoms with E-state index in [1.807, 2.05) is 12.1 Å². The molecule has 0 bridgehead atoms. The van der Waals surface area contributed by atoms with Crippen molar-refractivity contribution in [1.29, 1.82) is 0 Å². The number of carbonyl (C=O) groups is 2. The number of amides is 1. The highest BCUT2D eigenvalue weighted by Crippen LogP contribution is 2.50. The second-order valence-corrected chi connectivity index (χ2v) is 7.55. The van der Waals surface area contributed by atoms with Crippen LogP contribution in [-0.2, 0) is 40.9 Å². The quantitative estimate of drug-likeness (QED) is 0.571. The summed E-state index contributed by atoms with van der Waals surface area (Å²) in [6, 6.07) is 18.0. The van der Waals surface area contributed by atoms with Gasteiger partial charge in [0.25, 0.3) is 0 Å². The summed E-state index contributed by atoms with van der Waals surface area (Å²) in [5.74, 6) is -1.83. The van der Waals surface area contributed by atoms with Gasteiger partial charge in [-0.1, -0.05) is 60.7 Å². The van der Waals surface area contributed by atoms with Crippen LogP contribution in [-0.4, -0.2) is 42.1 Å². The van der Waals surface area contributed by atoms with Gasteiger partial charge >= 0.3 is 13.8 Å². The number of hydrogen-bond donors (Lipinski definition) is 1. The molecule has 0 aliphatic carbocycles. The van der Waals surface area contributed by atoms with Crippen molar-refractivity contribution in [2.24, 2.45) is 0 Å². The minimum atomic E-state index is -4.07. The maximum atomic E-state index is 13.0. The van der Waals surface area contributed by atoms with E-state index in [0.29, 0.717) is 0 Å². The number of benzene rings is 2. The van der Waals surface area contributed by atoms with Crippen LogP contribution in [0.1, 0.15) is 11.1 Å². The molecule has 0 aromatic heterocycles. The number of nitrogens with zero attached hydrogens (tertiary/aromatic N) is 1. The molecule has 0 aliphatic rings. The van der Waals surface area contributed by atoms with Crippen molar-refractivity contribution in [3.8, 4) is 0 Å². The largest absolute Gasteiger partial charge is 0.480 e. The number of carbonyl (C=O) groups excluding carboxylic acids is 1. The summed E-state index contributed by atoms with van der Waals surface area (Å²) in [7, 11) is -2.77. The lowest BCUT2D eigenvalue weighted by Crippen LogP contribution is -2.34. The Bertz CT molecular complexity index is 766. The summed E-state index contributed by atoms with van der Waals surface area (Å²) in [6.45, 7) is -1.20. The predicted octanol–water partition coefficient (Wildman–Crippen LogP) is 3.09. The molecule has 28 heavy (non-hydrogen) atoms. The van der Waals surface area contributed by atoms with Crippen LogP contribution in [0.4, 0.5) is 0 Å². The number of aliphatic carboxylic acids is 1. The number of likely N-dealkylation sites (N-methyl/N-ethyl adjacent to an activating group) is 1. The van der Waals surface area contributed by atoms with Crippen LogP contribution >= 0.6 is 7.82 Å². The molecule has 9 heteroatoms. The standard InChI is InChI=1S/C19H22NO7P/c1-20(12-19(22)23)18(21)15-27-28(24,25-13-16-8-4-2-5-9-16)26-14-17-10-6-3-7-11-17/h2-11H,12-15H2,1H3,(H,22,23). The first-order valence-corrected chi connectivity index (χ1v) is 9.91. The molecular formula is C19H22NO7P. The van der Waals surface area contributed by atoms with E-state index in [1.54, 1.807) is 48.5 Å². The molecule has 2 aromatic carbocycles. The molecule has 0 spiro atoms. The number of carboxylic acids is 1. The van der Waals surface area contributed by atoms with Gasteiger partial charge in [0.2, 0.25) is 5.91 Å². The van der Waals surface area contributed by atoms with Crippen molar-refractivity contribution < 1.29 is 32.8 Å². The van der Waals surface area contributed by atoms with E-state index in [4.69, 9.17) is 18.7 Å². The van der Waals surface area contributed by atoms with Crippen molar-refractivity contribution in [3.05, 3.63) is 71.8 Å². The minimum absolute atomic E-state index is 0.0357. The maximum absolute atomic E-state index is 13.0. The van der Waals surface area contributed by atoms with Crippen molar-refractivity contribution in [2.75, 3.05) is 20.2 Å². The molecule has 8 nitrogen and oxygen atoms in total. The normalized spacial score (nSPS) is 11.2. The van der Waals surface area contributed by atoms with E-state index in [0.717, 1.165) is 16.0 Å². The topological polar surface area (TPSA) is 102 Å². The van der Waals surface area contributed by atoms with Gasteiger partial charge in [0.1, 0.15) is 13.2 Å². The molecule has 0 heterocycles. The lowest BCUT2D eigenvalue weighted by atomic mass is 10.2. The van der Waals surface area contributed by atoms with Crippen LogP contribution in [0, 0.1) is 0 Å². The fourth-order valence-electron chi connectivity index (χ4n) is 2.10. The van der Waals surface area contributed by atoms with Gasteiger partial charge in [-0.25, -0.2) is 4.57 Å². The van der Waals surface area contributed by atoms with Gasteiger partial charge in [-0.15, -0.1) is 0 Å². The first-order chi connectivity index (χ1) is 13.4. The molecule has 150 valence electrons. The Labute approximate surface area is 163 Å². The smallest absolute Gasteiger partial charge is 0.475 e. The van der Waals surface area contributed by atoms with Gasteiger partial charge < -0.3 is 10.0 Å². The zero-order valence-electron chi connectivity index (χ0n) is 15.4. The maximum Gasteiger partial charge on any atom is 0.475 e. The van der Waals surface area contributed by atoms with Crippen LogP contribution in [0.5, 0.6) is 0 Å². The zero-order chi connectivity index (χ0) is 20.4. The van der Waals surface area contributed by atoms with Crippen molar-refractivity contribution in [1.82, 2.24) is 4.90 Å². The molecule has 1 N–H and O–H groups in total. The predicted molar refractivity (Wildman–Crippen MR) is 101 cm³/mol. The van der Waals surface area contributed by atoms with Gasteiger partial charge in [0.15, 0.2) is 0 Å². The molecule has 2 rings (SSSR count). The Morgan fingerprint density at radius 1 is 0.893 bits per heavy atom. The summed E-state index contributed by atoms with van der Waals surface area (Å²) in [6.07, 6.45) is 0. The number of carboxylic acid groups (broad SMARTS) is 1. The molecule has 0 aliphatic heterocycles. The van der Waals surface area contributed by atoms with E-state index >= 15 is 0 Å². The second-order valence-electron chi connectivity index (χ2n) is 5.88. The summed E-state index contributed by atoms with van der Waals surface area (Å²) in [4.78, 5) is 23.6. The van der Waals surface area contributed by atoms with Gasteiger partial charge in [-0.3, -0.25) is 23.2 Å². The Hall–Kier alpha value is -2.51. The van der Waals surface area contributed by atoms with Crippen LogP contribution in [0.3, 0.4) is 0 Å². The monoisotopic (exact) mass is 407 g/mol. The molecule has 2 aromatic rings. The molecule has 0 radical (unpaired) electrons. The SMILES string of the molecule is CN(CC(=O)O)C(=O)COP(=O)(OCc1ccccc1)OCc1ccccc1. The van der Waals surface area contributed by atoms with Crippen LogP contribution in [0.2, 0.25) is 0 Å². The third-order valence-electron chi connectivity index (χ3n) is 3.61. The number of rotatable bonds is 11. The highest BCUT2D eigenvalue weighted by molar-refractivity contribution is 7.48. The summed E-state index contributed by atoms with van der Waals surface area (Å²) in [5.41, 5.74) is 1.51. The van der Waals surface area contributed by atoms with Crippen LogP contribution in [0.15, 0.2) is 60.7 Å². The van der Waals surface area contributed by atoms with Crippen molar-refractivity contribution in [3.63, 3.8) is 0 Å². The minimum Gasteiger partial charge on any atom is -0.480 e. The average Bonchev–Trinajstić information content (AvgIpc) is 2.70.